The van der Waals surface area contributed by atoms with Gasteiger partial charge in [-0.25, -0.2) is 4.79 Å². The predicted molar refractivity (Wildman–Crippen MR) is 58.5 cm³/mol. The molecule has 1 aromatic rings. The summed E-state index contributed by atoms with van der Waals surface area (Å²) >= 11 is 0. The van der Waals surface area contributed by atoms with Gasteiger partial charge < -0.3 is 10.4 Å². The number of carboxylic acid groups (broad SMARTS) is 1. The first-order valence-corrected chi connectivity index (χ1v) is 4.69. The van der Waals surface area contributed by atoms with Crippen LogP contribution in [0, 0.1) is 0 Å². The van der Waals surface area contributed by atoms with Crippen LogP contribution >= 0.6 is 0 Å². The highest BCUT2D eigenvalue weighted by atomic mass is 16.4. The second kappa shape index (κ2) is 3.08. The Morgan fingerprint density at radius 2 is 2.20 bits per heavy atom. The number of nitrogens with one attached hydrogen (secondary N) is 1. The molecule has 0 aromatic heterocycles. The Bertz CT molecular complexity index is 450. The molecule has 15 heavy (non-hydrogen) atoms. The fourth-order valence-electron chi connectivity index (χ4n) is 1.64. The normalized spacial score (nSPS) is 16.7. The van der Waals surface area contributed by atoms with Gasteiger partial charge in [0.2, 0.25) is 0 Å². The van der Waals surface area contributed by atoms with Gasteiger partial charge in [0.25, 0.3) is 0 Å². The maximum Gasteiger partial charge on any atom is 0.335 e. The molecule has 4 nitrogen and oxygen atoms in total. The Morgan fingerprint density at radius 1 is 1.47 bits per heavy atom. The molecule has 2 rings (SSSR count). The van der Waals surface area contributed by atoms with Crippen molar-refractivity contribution >= 4 is 18.0 Å². The Balaban J connectivity index is 2.57. The third-order valence-corrected chi connectivity index (χ3v) is 2.53. The SMILES string of the molecule is CC1(C)N=CNc2ccc(C(=O)O)cc21. The minimum Gasteiger partial charge on any atom is -0.478 e. The lowest BCUT2D eigenvalue weighted by Gasteiger charge is -2.27. The molecule has 1 aliphatic heterocycles. The van der Waals surface area contributed by atoms with Crippen molar-refractivity contribution in [1.82, 2.24) is 0 Å². The smallest absolute Gasteiger partial charge is 0.335 e. The molecule has 1 aliphatic rings. The molecular formula is C11H12N2O2. The molecule has 78 valence electrons. The van der Waals surface area contributed by atoms with E-state index < -0.39 is 5.97 Å². The first-order valence-electron chi connectivity index (χ1n) is 4.69. The molecule has 0 radical (unpaired) electrons. The van der Waals surface area contributed by atoms with Crippen molar-refractivity contribution in [2.45, 2.75) is 19.4 Å². The minimum atomic E-state index is -0.914. The Kier molecular flexibility index (Phi) is 2.00. The largest absolute Gasteiger partial charge is 0.478 e. The average Bonchev–Trinajstić information content (AvgIpc) is 2.17. The number of nitrogens with zero attached hydrogens (tertiary/aromatic N) is 1. The van der Waals surface area contributed by atoms with E-state index in [1.54, 1.807) is 24.5 Å². The number of rotatable bonds is 1. The molecule has 0 saturated carbocycles. The number of fused-ring (bicyclic) bond motifs is 1. The fraction of sp³-hybridized carbons (Fsp3) is 0.273. The van der Waals surface area contributed by atoms with Gasteiger partial charge in [-0.1, -0.05) is 0 Å². The molecule has 1 aromatic carbocycles. The maximum absolute atomic E-state index is 10.8. The molecular weight excluding hydrogens is 192 g/mol. The van der Waals surface area contributed by atoms with Gasteiger partial charge in [-0.3, -0.25) is 4.99 Å². The highest BCUT2D eigenvalue weighted by Gasteiger charge is 2.25. The summed E-state index contributed by atoms with van der Waals surface area (Å²) < 4.78 is 0. The lowest BCUT2D eigenvalue weighted by Crippen LogP contribution is -2.22. The number of benzene rings is 1. The van der Waals surface area contributed by atoms with Crippen LogP contribution in [0.4, 0.5) is 5.69 Å². The van der Waals surface area contributed by atoms with Crippen LogP contribution in [0.25, 0.3) is 0 Å². The van der Waals surface area contributed by atoms with Crippen molar-refractivity contribution < 1.29 is 9.90 Å². The van der Waals surface area contributed by atoms with Gasteiger partial charge in [0.15, 0.2) is 0 Å². The van der Waals surface area contributed by atoms with Crippen LogP contribution in [0.1, 0.15) is 29.8 Å². The minimum absolute atomic E-state index is 0.292. The van der Waals surface area contributed by atoms with E-state index >= 15 is 0 Å². The summed E-state index contributed by atoms with van der Waals surface area (Å²) in [4.78, 5) is 15.1. The standard InChI is InChI=1S/C11H12N2O2/c1-11(2)8-5-7(10(14)15)3-4-9(8)12-6-13-11/h3-6H,1-2H3,(H,12,13)(H,14,15). The number of carboxylic acids is 1. The lowest BCUT2D eigenvalue weighted by molar-refractivity contribution is 0.0697. The predicted octanol–water partition coefficient (Wildman–Crippen LogP) is 2.07. The van der Waals surface area contributed by atoms with E-state index in [1.807, 2.05) is 13.8 Å². The number of hydrogen-bond donors (Lipinski definition) is 2. The zero-order chi connectivity index (χ0) is 11.1. The van der Waals surface area contributed by atoms with Crippen molar-refractivity contribution in [2.24, 2.45) is 4.99 Å². The van der Waals surface area contributed by atoms with Crippen LogP contribution in [-0.2, 0) is 5.54 Å². The summed E-state index contributed by atoms with van der Waals surface area (Å²) in [6, 6.07) is 5.02. The molecule has 2 N–H and O–H groups in total. The van der Waals surface area contributed by atoms with Gasteiger partial charge in [0, 0.05) is 11.3 Å². The van der Waals surface area contributed by atoms with E-state index in [4.69, 9.17) is 5.11 Å². The van der Waals surface area contributed by atoms with E-state index in [1.165, 1.54) is 0 Å². The van der Waals surface area contributed by atoms with Crippen molar-refractivity contribution in [3.8, 4) is 0 Å². The number of anilines is 1. The van der Waals surface area contributed by atoms with Gasteiger partial charge in [0.1, 0.15) is 0 Å². The number of aromatic carboxylic acids is 1. The van der Waals surface area contributed by atoms with Crippen LogP contribution in [-0.4, -0.2) is 17.4 Å². The third kappa shape index (κ3) is 1.58. The van der Waals surface area contributed by atoms with E-state index in [-0.39, 0.29) is 5.54 Å². The number of aliphatic imine (C=N–C) groups is 1. The fourth-order valence-corrected chi connectivity index (χ4v) is 1.64. The van der Waals surface area contributed by atoms with Crippen LogP contribution in [0.2, 0.25) is 0 Å². The monoisotopic (exact) mass is 204 g/mol. The Labute approximate surface area is 87.7 Å². The summed E-state index contributed by atoms with van der Waals surface area (Å²) in [6.45, 7) is 3.91. The summed E-state index contributed by atoms with van der Waals surface area (Å²) in [6.07, 6.45) is 1.64. The number of hydrogen-bond acceptors (Lipinski definition) is 3. The van der Waals surface area contributed by atoms with Crippen LogP contribution < -0.4 is 5.32 Å². The molecule has 0 bridgehead atoms. The van der Waals surface area contributed by atoms with E-state index in [0.29, 0.717) is 5.56 Å². The maximum atomic E-state index is 10.8. The topological polar surface area (TPSA) is 61.7 Å². The van der Waals surface area contributed by atoms with Gasteiger partial charge in [0.05, 0.1) is 17.4 Å². The Morgan fingerprint density at radius 3 is 2.87 bits per heavy atom. The first kappa shape index (κ1) is 9.71. The van der Waals surface area contributed by atoms with Crippen molar-refractivity contribution in [3.63, 3.8) is 0 Å². The molecule has 4 heteroatoms. The summed E-state index contributed by atoms with van der Waals surface area (Å²) in [5.74, 6) is -0.914. The zero-order valence-corrected chi connectivity index (χ0v) is 8.61. The molecule has 0 amide bonds. The quantitative estimate of drug-likeness (QED) is 0.736. The van der Waals surface area contributed by atoms with Crippen LogP contribution in [0.5, 0.6) is 0 Å². The first-order chi connectivity index (χ1) is 7.00. The highest BCUT2D eigenvalue weighted by Crippen LogP contribution is 2.34. The van der Waals surface area contributed by atoms with Gasteiger partial charge in [-0.2, -0.15) is 0 Å². The molecule has 0 saturated heterocycles. The number of carbonyl (C=O) groups is 1. The van der Waals surface area contributed by atoms with Gasteiger partial charge in [-0.05, 0) is 32.0 Å². The lowest BCUT2D eigenvalue weighted by atomic mass is 9.91. The molecule has 0 atom stereocenters. The summed E-state index contributed by atoms with van der Waals surface area (Å²) in [5, 5.41) is 11.9. The second-order valence-corrected chi connectivity index (χ2v) is 4.03. The zero-order valence-electron chi connectivity index (χ0n) is 8.61. The average molecular weight is 204 g/mol. The van der Waals surface area contributed by atoms with E-state index in [0.717, 1.165) is 11.3 Å². The van der Waals surface area contributed by atoms with Crippen molar-refractivity contribution in [3.05, 3.63) is 29.3 Å². The van der Waals surface area contributed by atoms with Crippen LogP contribution in [0.15, 0.2) is 23.2 Å². The Hall–Kier alpha value is -1.84. The van der Waals surface area contributed by atoms with Gasteiger partial charge in [-0.15, -0.1) is 0 Å². The summed E-state index contributed by atoms with van der Waals surface area (Å²) in [5.41, 5.74) is 1.75. The van der Waals surface area contributed by atoms with E-state index in [9.17, 15) is 4.79 Å². The summed E-state index contributed by atoms with van der Waals surface area (Å²) in [7, 11) is 0. The molecule has 0 aliphatic carbocycles. The molecule has 1 heterocycles. The molecule has 0 spiro atoms. The second-order valence-electron chi connectivity index (χ2n) is 4.03. The van der Waals surface area contributed by atoms with Crippen molar-refractivity contribution in [1.29, 1.82) is 0 Å². The van der Waals surface area contributed by atoms with Crippen LogP contribution in [0.3, 0.4) is 0 Å². The van der Waals surface area contributed by atoms with E-state index in [2.05, 4.69) is 10.3 Å². The van der Waals surface area contributed by atoms with Gasteiger partial charge >= 0.3 is 5.97 Å². The van der Waals surface area contributed by atoms with Crippen molar-refractivity contribution in [2.75, 3.05) is 5.32 Å². The third-order valence-electron chi connectivity index (χ3n) is 2.53. The molecule has 0 fully saturated rings. The molecule has 0 unspecified atom stereocenters. The highest BCUT2D eigenvalue weighted by molar-refractivity contribution is 5.90.